The van der Waals surface area contributed by atoms with Gasteiger partial charge in [0.1, 0.15) is 10.1 Å². The smallest absolute Gasteiger partial charge is 0.266 e. The summed E-state index contributed by atoms with van der Waals surface area (Å²) >= 11 is 6.96. The normalized spacial score (nSPS) is 15.5. The van der Waals surface area contributed by atoms with Crippen LogP contribution in [-0.4, -0.2) is 31.5 Å². The van der Waals surface area contributed by atoms with Crippen molar-refractivity contribution in [2.24, 2.45) is 0 Å². The Morgan fingerprint density at radius 3 is 2.33 bits per heavy atom. The molecule has 0 bridgehead atoms. The molecule has 1 fully saturated rings. The van der Waals surface area contributed by atoms with Gasteiger partial charge in [-0.25, -0.2) is 4.68 Å². The summed E-state index contributed by atoms with van der Waals surface area (Å²) in [5.74, 6) is 0.715. The van der Waals surface area contributed by atoms with E-state index in [1.54, 1.807) is 4.90 Å². The van der Waals surface area contributed by atoms with Crippen LogP contribution in [0.5, 0.6) is 5.75 Å². The summed E-state index contributed by atoms with van der Waals surface area (Å²) in [5.41, 5.74) is 4.54. The van der Waals surface area contributed by atoms with E-state index in [2.05, 4.69) is 0 Å². The third kappa shape index (κ3) is 4.85. The average Bonchev–Trinajstić information content (AvgIpc) is 3.45. The molecule has 1 atom stereocenters. The first-order valence-electron chi connectivity index (χ1n) is 11.8. The quantitative estimate of drug-likeness (QED) is 0.199. The minimum atomic E-state index is -0.151. The Labute approximate surface area is 220 Å². The van der Waals surface area contributed by atoms with E-state index in [0.717, 1.165) is 33.8 Å². The fourth-order valence-electron chi connectivity index (χ4n) is 4.14. The zero-order valence-electron chi connectivity index (χ0n) is 20.0. The van der Waals surface area contributed by atoms with Crippen molar-refractivity contribution in [3.63, 3.8) is 0 Å². The van der Waals surface area contributed by atoms with Gasteiger partial charge >= 0.3 is 0 Å². The highest BCUT2D eigenvalue weighted by Crippen LogP contribution is 2.39. The van der Waals surface area contributed by atoms with Crippen molar-refractivity contribution in [2.45, 2.75) is 19.9 Å². The largest absolute Gasteiger partial charge is 0.494 e. The van der Waals surface area contributed by atoms with Crippen LogP contribution >= 0.6 is 24.0 Å². The Kier molecular flexibility index (Phi) is 7.02. The molecule has 0 aliphatic carbocycles. The highest BCUT2D eigenvalue weighted by Gasteiger charge is 2.36. The summed E-state index contributed by atoms with van der Waals surface area (Å²) in [5, 5.41) is 4.88. The van der Waals surface area contributed by atoms with Gasteiger partial charge < -0.3 is 4.74 Å². The number of benzene rings is 3. The molecule has 1 aliphatic heterocycles. The fourth-order valence-corrected chi connectivity index (χ4v) is 5.55. The second kappa shape index (κ2) is 10.5. The number of amides is 1. The van der Waals surface area contributed by atoms with Crippen molar-refractivity contribution in [1.82, 2.24) is 14.7 Å². The van der Waals surface area contributed by atoms with Gasteiger partial charge in [-0.2, -0.15) is 5.10 Å². The third-order valence-corrected chi connectivity index (χ3v) is 7.31. The molecule has 0 spiro atoms. The standard InChI is InChI=1S/C29H25N3O2S2/c1-3-34-25-16-14-22(15-17-25)27-23(19-31(30-27)24-12-8-5-9-13-24)18-26-28(33)32(29(35)36-26)20(2)21-10-6-4-7-11-21/h4-20H,3H2,1-2H3/b26-18+/t20-/m0/s1. The molecule has 5 rings (SSSR count). The van der Waals surface area contributed by atoms with E-state index >= 15 is 0 Å². The maximum absolute atomic E-state index is 13.5. The van der Waals surface area contributed by atoms with Crippen molar-refractivity contribution < 1.29 is 9.53 Å². The van der Waals surface area contributed by atoms with Crippen LogP contribution in [0.2, 0.25) is 0 Å². The summed E-state index contributed by atoms with van der Waals surface area (Å²) in [4.78, 5) is 15.8. The fraction of sp³-hybridized carbons (Fsp3) is 0.138. The van der Waals surface area contributed by atoms with Crippen molar-refractivity contribution in [3.05, 3.63) is 107 Å². The monoisotopic (exact) mass is 511 g/mol. The van der Waals surface area contributed by atoms with Gasteiger partial charge in [-0.3, -0.25) is 9.69 Å². The van der Waals surface area contributed by atoms with Crippen molar-refractivity contribution in [3.8, 4) is 22.7 Å². The topological polar surface area (TPSA) is 47.4 Å². The van der Waals surface area contributed by atoms with E-state index < -0.39 is 0 Å². The van der Waals surface area contributed by atoms with Crippen LogP contribution in [0.3, 0.4) is 0 Å². The number of carbonyl (C=O) groups is 1. The molecule has 1 saturated heterocycles. The molecule has 36 heavy (non-hydrogen) atoms. The number of ether oxygens (including phenoxy) is 1. The van der Waals surface area contributed by atoms with Crippen LogP contribution in [-0.2, 0) is 4.79 Å². The van der Waals surface area contributed by atoms with Crippen molar-refractivity contribution in [1.29, 1.82) is 0 Å². The molecule has 0 N–H and O–H groups in total. The second-order valence-corrected chi connectivity index (χ2v) is 9.98. The number of hydrogen-bond donors (Lipinski definition) is 0. The lowest BCUT2D eigenvalue weighted by Crippen LogP contribution is -2.30. The minimum Gasteiger partial charge on any atom is -0.494 e. The summed E-state index contributed by atoms with van der Waals surface area (Å²) in [6, 6.07) is 27.6. The molecule has 5 nitrogen and oxygen atoms in total. The van der Waals surface area contributed by atoms with E-state index in [-0.39, 0.29) is 11.9 Å². The number of para-hydroxylation sites is 1. The van der Waals surface area contributed by atoms with E-state index in [1.165, 1.54) is 11.8 Å². The average molecular weight is 512 g/mol. The van der Waals surface area contributed by atoms with E-state index in [9.17, 15) is 4.79 Å². The van der Waals surface area contributed by atoms with Gasteiger partial charge in [-0.1, -0.05) is 72.5 Å². The summed E-state index contributed by atoms with van der Waals surface area (Å²) in [6.45, 7) is 4.57. The molecule has 1 aromatic heterocycles. The number of hydrogen-bond acceptors (Lipinski definition) is 5. The van der Waals surface area contributed by atoms with E-state index in [0.29, 0.717) is 15.8 Å². The second-order valence-electron chi connectivity index (χ2n) is 8.31. The number of carbonyl (C=O) groups excluding carboxylic acids is 1. The van der Waals surface area contributed by atoms with Crippen LogP contribution in [0.15, 0.2) is 96.0 Å². The molecule has 1 amide bonds. The minimum absolute atomic E-state index is 0.0912. The molecular formula is C29H25N3O2S2. The van der Waals surface area contributed by atoms with Crippen LogP contribution < -0.4 is 4.74 Å². The zero-order valence-corrected chi connectivity index (χ0v) is 21.6. The Bertz CT molecular complexity index is 1410. The van der Waals surface area contributed by atoms with Crippen LogP contribution in [0.1, 0.15) is 31.0 Å². The van der Waals surface area contributed by atoms with Crippen molar-refractivity contribution in [2.75, 3.05) is 6.61 Å². The Balaban J connectivity index is 1.53. The number of thioether (sulfide) groups is 1. The number of nitrogens with zero attached hydrogens (tertiary/aromatic N) is 3. The Hall–Kier alpha value is -3.68. The van der Waals surface area contributed by atoms with Gasteiger partial charge in [0.15, 0.2) is 0 Å². The molecule has 3 aromatic carbocycles. The molecule has 1 aliphatic rings. The lowest BCUT2D eigenvalue weighted by molar-refractivity contribution is -0.123. The molecule has 0 saturated carbocycles. The molecule has 2 heterocycles. The van der Waals surface area contributed by atoms with Gasteiger partial charge in [0.2, 0.25) is 0 Å². The lowest BCUT2D eigenvalue weighted by Gasteiger charge is -2.23. The SMILES string of the molecule is CCOc1ccc(-c2nn(-c3ccccc3)cc2/C=C2/SC(=S)N([C@@H](C)c3ccccc3)C2=O)cc1. The molecule has 4 aromatic rings. The highest BCUT2D eigenvalue weighted by atomic mass is 32.2. The Morgan fingerprint density at radius 1 is 1.00 bits per heavy atom. The van der Waals surface area contributed by atoms with Crippen molar-refractivity contribution >= 4 is 40.3 Å². The predicted molar refractivity (Wildman–Crippen MR) is 150 cm³/mol. The summed E-state index contributed by atoms with van der Waals surface area (Å²) in [6.07, 6.45) is 3.85. The molecule has 7 heteroatoms. The lowest BCUT2D eigenvalue weighted by atomic mass is 10.1. The summed E-state index contributed by atoms with van der Waals surface area (Å²) < 4.78 is 7.99. The summed E-state index contributed by atoms with van der Waals surface area (Å²) in [7, 11) is 0. The maximum Gasteiger partial charge on any atom is 0.266 e. The van der Waals surface area contributed by atoms with Crippen LogP contribution in [0, 0.1) is 0 Å². The number of aromatic nitrogens is 2. The van der Waals surface area contributed by atoms with Gasteiger partial charge in [-0.15, -0.1) is 0 Å². The highest BCUT2D eigenvalue weighted by molar-refractivity contribution is 8.26. The van der Waals surface area contributed by atoms with Crippen LogP contribution in [0.4, 0.5) is 0 Å². The maximum atomic E-state index is 13.5. The van der Waals surface area contributed by atoms with E-state index in [1.807, 2.05) is 116 Å². The van der Waals surface area contributed by atoms with Gasteiger partial charge in [0.05, 0.1) is 28.9 Å². The third-order valence-electron chi connectivity index (χ3n) is 5.98. The number of rotatable bonds is 7. The Morgan fingerprint density at radius 2 is 1.67 bits per heavy atom. The van der Waals surface area contributed by atoms with Gasteiger partial charge in [0.25, 0.3) is 5.91 Å². The molecule has 0 radical (unpaired) electrons. The molecule has 180 valence electrons. The van der Waals surface area contributed by atoms with Crippen LogP contribution in [0.25, 0.3) is 23.0 Å². The van der Waals surface area contributed by atoms with E-state index in [4.69, 9.17) is 22.1 Å². The molecule has 0 unspecified atom stereocenters. The molecular weight excluding hydrogens is 486 g/mol. The first-order chi connectivity index (χ1) is 17.5. The predicted octanol–water partition coefficient (Wildman–Crippen LogP) is 6.90. The first kappa shape index (κ1) is 24.0. The zero-order chi connectivity index (χ0) is 25.1. The van der Waals surface area contributed by atoms with Gasteiger partial charge in [-0.05, 0) is 61.9 Å². The number of thiocarbonyl (C=S) groups is 1. The van der Waals surface area contributed by atoms with Gasteiger partial charge in [0, 0.05) is 17.3 Å². The first-order valence-corrected chi connectivity index (χ1v) is 13.0.